The molecule has 0 atom stereocenters. The van der Waals surface area contributed by atoms with Crippen LogP contribution in [-0.4, -0.2) is 26.8 Å². The van der Waals surface area contributed by atoms with Crippen molar-refractivity contribution in [3.63, 3.8) is 0 Å². The van der Waals surface area contributed by atoms with Crippen LogP contribution in [0.25, 0.3) is 0 Å². The Kier molecular flexibility index (Phi) is 7.43. The second kappa shape index (κ2) is 9.02. The fourth-order valence-corrected chi connectivity index (χ4v) is 1.54. The van der Waals surface area contributed by atoms with Gasteiger partial charge in [-0.3, -0.25) is 0 Å². The first-order chi connectivity index (χ1) is 8.36. The van der Waals surface area contributed by atoms with Crippen molar-refractivity contribution >= 4 is 0 Å². The van der Waals surface area contributed by atoms with Gasteiger partial charge in [0.05, 0.1) is 13.7 Å². The predicted molar refractivity (Wildman–Crippen MR) is 70.4 cm³/mol. The SMILES string of the molecule is CCNCCCCOCc1ccc(OC)cc1. The largest absolute Gasteiger partial charge is 0.497 e. The second-order valence-electron chi connectivity index (χ2n) is 3.96. The highest BCUT2D eigenvalue weighted by molar-refractivity contribution is 5.26. The lowest BCUT2D eigenvalue weighted by Crippen LogP contribution is -2.14. The minimum Gasteiger partial charge on any atom is -0.497 e. The van der Waals surface area contributed by atoms with Gasteiger partial charge < -0.3 is 14.8 Å². The summed E-state index contributed by atoms with van der Waals surface area (Å²) >= 11 is 0. The van der Waals surface area contributed by atoms with Gasteiger partial charge >= 0.3 is 0 Å². The monoisotopic (exact) mass is 237 g/mol. The zero-order chi connectivity index (χ0) is 12.3. The molecule has 0 spiro atoms. The van der Waals surface area contributed by atoms with E-state index in [2.05, 4.69) is 12.2 Å². The van der Waals surface area contributed by atoms with Crippen LogP contribution in [0.1, 0.15) is 25.3 Å². The quantitative estimate of drug-likeness (QED) is 0.670. The van der Waals surface area contributed by atoms with Gasteiger partial charge in [-0.2, -0.15) is 0 Å². The number of hydrogen-bond donors (Lipinski definition) is 1. The summed E-state index contributed by atoms with van der Waals surface area (Å²) in [5, 5.41) is 3.30. The Balaban J connectivity index is 2.05. The predicted octanol–water partition coefficient (Wildman–Crippen LogP) is 2.60. The molecule has 0 aliphatic heterocycles. The molecule has 0 fully saturated rings. The first-order valence-electron chi connectivity index (χ1n) is 6.28. The molecule has 1 aromatic rings. The zero-order valence-electron chi connectivity index (χ0n) is 10.9. The Morgan fingerprint density at radius 3 is 2.53 bits per heavy atom. The van der Waals surface area contributed by atoms with Crippen molar-refractivity contribution in [3.05, 3.63) is 29.8 Å². The maximum Gasteiger partial charge on any atom is 0.118 e. The summed E-state index contributed by atoms with van der Waals surface area (Å²) in [7, 11) is 1.68. The highest BCUT2D eigenvalue weighted by atomic mass is 16.5. The van der Waals surface area contributed by atoms with Crippen molar-refractivity contribution in [2.75, 3.05) is 26.8 Å². The summed E-state index contributed by atoms with van der Waals surface area (Å²) < 4.78 is 10.7. The van der Waals surface area contributed by atoms with E-state index in [9.17, 15) is 0 Å². The van der Waals surface area contributed by atoms with E-state index in [1.54, 1.807) is 7.11 Å². The third-order valence-electron chi connectivity index (χ3n) is 2.57. The Morgan fingerprint density at radius 2 is 1.88 bits per heavy atom. The molecule has 3 nitrogen and oxygen atoms in total. The Morgan fingerprint density at radius 1 is 1.12 bits per heavy atom. The minimum atomic E-state index is 0.686. The number of methoxy groups -OCH3 is 1. The Labute approximate surface area is 104 Å². The van der Waals surface area contributed by atoms with Crippen LogP contribution in [-0.2, 0) is 11.3 Å². The maximum absolute atomic E-state index is 5.60. The van der Waals surface area contributed by atoms with Crippen LogP contribution in [0.15, 0.2) is 24.3 Å². The van der Waals surface area contributed by atoms with E-state index in [0.717, 1.165) is 31.9 Å². The average Bonchev–Trinajstić information content (AvgIpc) is 2.38. The number of benzene rings is 1. The Hall–Kier alpha value is -1.06. The molecule has 0 aliphatic rings. The van der Waals surface area contributed by atoms with Crippen molar-refractivity contribution in [1.29, 1.82) is 0 Å². The molecule has 0 saturated heterocycles. The van der Waals surface area contributed by atoms with Crippen LogP contribution in [0.4, 0.5) is 0 Å². The van der Waals surface area contributed by atoms with Gasteiger partial charge in [-0.05, 0) is 43.6 Å². The molecule has 0 amide bonds. The molecule has 0 aliphatic carbocycles. The molecule has 0 unspecified atom stereocenters. The third kappa shape index (κ3) is 6.29. The molecule has 0 aromatic heterocycles. The first-order valence-corrected chi connectivity index (χ1v) is 6.28. The highest BCUT2D eigenvalue weighted by Crippen LogP contribution is 2.11. The molecular weight excluding hydrogens is 214 g/mol. The van der Waals surface area contributed by atoms with Crippen LogP contribution < -0.4 is 10.1 Å². The van der Waals surface area contributed by atoms with Crippen molar-refractivity contribution < 1.29 is 9.47 Å². The normalized spacial score (nSPS) is 10.5. The minimum absolute atomic E-state index is 0.686. The van der Waals surface area contributed by atoms with Crippen molar-refractivity contribution in [2.24, 2.45) is 0 Å². The molecule has 17 heavy (non-hydrogen) atoms. The lowest BCUT2D eigenvalue weighted by atomic mass is 10.2. The van der Waals surface area contributed by atoms with Gasteiger partial charge in [0.2, 0.25) is 0 Å². The van der Waals surface area contributed by atoms with Gasteiger partial charge in [0, 0.05) is 6.61 Å². The van der Waals surface area contributed by atoms with E-state index in [-0.39, 0.29) is 0 Å². The van der Waals surface area contributed by atoms with Gasteiger partial charge in [-0.25, -0.2) is 0 Å². The van der Waals surface area contributed by atoms with Gasteiger partial charge in [-0.15, -0.1) is 0 Å². The van der Waals surface area contributed by atoms with Gasteiger partial charge in [0.15, 0.2) is 0 Å². The zero-order valence-corrected chi connectivity index (χ0v) is 10.9. The van der Waals surface area contributed by atoms with E-state index < -0.39 is 0 Å². The smallest absolute Gasteiger partial charge is 0.118 e. The lowest BCUT2D eigenvalue weighted by molar-refractivity contribution is 0.117. The summed E-state index contributed by atoms with van der Waals surface area (Å²) in [6.45, 7) is 5.78. The molecule has 0 saturated carbocycles. The van der Waals surface area contributed by atoms with Gasteiger partial charge in [-0.1, -0.05) is 19.1 Å². The fraction of sp³-hybridized carbons (Fsp3) is 0.571. The summed E-state index contributed by atoms with van der Waals surface area (Å²) in [5.74, 6) is 0.888. The number of rotatable bonds is 9. The fourth-order valence-electron chi connectivity index (χ4n) is 1.54. The van der Waals surface area contributed by atoms with Crippen molar-refractivity contribution in [2.45, 2.75) is 26.4 Å². The number of unbranched alkanes of at least 4 members (excludes halogenated alkanes) is 1. The molecule has 96 valence electrons. The highest BCUT2D eigenvalue weighted by Gasteiger charge is 1.95. The van der Waals surface area contributed by atoms with E-state index >= 15 is 0 Å². The van der Waals surface area contributed by atoms with Crippen LogP contribution in [0.5, 0.6) is 5.75 Å². The van der Waals surface area contributed by atoms with E-state index in [1.807, 2.05) is 24.3 Å². The number of ether oxygens (including phenoxy) is 2. The summed E-state index contributed by atoms with van der Waals surface area (Å²) in [6, 6.07) is 8.00. The Bertz CT molecular complexity index is 285. The summed E-state index contributed by atoms with van der Waals surface area (Å²) in [4.78, 5) is 0. The third-order valence-corrected chi connectivity index (χ3v) is 2.57. The van der Waals surface area contributed by atoms with Crippen molar-refractivity contribution in [3.8, 4) is 5.75 Å². The lowest BCUT2D eigenvalue weighted by Gasteiger charge is -2.06. The molecule has 1 N–H and O–H groups in total. The average molecular weight is 237 g/mol. The molecule has 0 heterocycles. The number of hydrogen-bond acceptors (Lipinski definition) is 3. The standard InChI is InChI=1S/C14H23NO2/c1-3-15-10-4-5-11-17-12-13-6-8-14(16-2)9-7-13/h6-9,15H,3-5,10-12H2,1-2H3. The first kappa shape index (κ1) is 14.0. The summed E-state index contributed by atoms with van der Waals surface area (Å²) in [5.41, 5.74) is 1.19. The van der Waals surface area contributed by atoms with E-state index in [4.69, 9.17) is 9.47 Å². The van der Waals surface area contributed by atoms with E-state index in [1.165, 1.54) is 12.0 Å². The van der Waals surface area contributed by atoms with Crippen LogP contribution >= 0.6 is 0 Å². The van der Waals surface area contributed by atoms with Gasteiger partial charge in [0.1, 0.15) is 5.75 Å². The van der Waals surface area contributed by atoms with Crippen LogP contribution in [0, 0.1) is 0 Å². The molecule has 0 bridgehead atoms. The summed E-state index contributed by atoms with van der Waals surface area (Å²) in [6.07, 6.45) is 2.29. The maximum atomic E-state index is 5.60. The molecule has 0 radical (unpaired) electrons. The molecular formula is C14H23NO2. The molecule has 1 aromatic carbocycles. The number of nitrogens with one attached hydrogen (secondary N) is 1. The van der Waals surface area contributed by atoms with Gasteiger partial charge in [0.25, 0.3) is 0 Å². The van der Waals surface area contributed by atoms with Crippen molar-refractivity contribution in [1.82, 2.24) is 5.32 Å². The second-order valence-corrected chi connectivity index (χ2v) is 3.96. The van der Waals surface area contributed by atoms with Crippen LogP contribution in [0.3, 0.4) is 0 Å². The molecule has 3 heteroatoms. The van der Waals surface area contributed by atoms with Crippen LogP contribution in [0.2, 0.25) is 0 Å². The van der Waals surface area contributed by atoms with E-state index in [0.29, 0.717) is 6.61 Å². The molecule has 1 rings (SSSR count). The topological polar surface area (TPSA) is 30.5 Å².